The Morgan fingerprint density at radius 1 is 1.10 bits per heavy atom. The van der Waals surface area contributed by atoms with Crippen molar-refractivity contribution in [2.24, 2.45) is 0 Å². The molecule has 31 heavy (non-hydrogen) atoms. The molecule has 0 aliphatic carbocycles. The molecule has 2 aromatic carbocycles. The zero-order valence-corrected chi connectivity index (χ0v) is 17.5. The molecule has 1 atom stereocenters. The van der Waals surface area contributed by atoms with Crippen molar-refractivity contribution in [1.29, 1.82) is 0 Å². The summed E-state index contributed by atoms with van der Waals surface area (Å²) < 4.78 is 11.2. The van der Waals surface area contributed by atoms with Crippen molar-refractivity contribution >= 4 is 33.9 Å². The van der Waals surface area contributed by atoms with Crippen molar-refractivity contribution < 1.29 is 18.7 Å². The predicted molar refractivity (Wildman–Crippen MR) is 116 cm³/mol. The minimum atomic E-state index is -0.787. The van der Waals surface area contributed by atoms with Gasteiger partial charge >= 0.3 is 0 Å². The molecule has 0 bridgehead atoms. The molecule has 2 amide bonds. The molecular weight excluding hydrogens is 416 g/mol. The van der Waals surface area contributed by atoms with E-state index in [4.69, 9.17) is 9.15 Å². The standard InChI is InChI=1S/C22H20N4O4S/c1-14(29-18-7-6-15-4-2-3-5-16(15)12-18)21(28)25-23-19(27)8-9-20-24-26-22(30-20)17-10-11-31-13-17/h2-7,10-14H,8-9H2,1H3,(H,23,27)(H,25,28). The van der Waals surface area contributed by atoms with Crippen molar-refractivity contribution in [3.05, 3.63) is 65.2 Å². The second kappa shape index (κ2) is 9.40. The van der Waals surface area contributed by atoms with E-state index in [1.165, 1.54) is 11.3 Å². The summed E-state index contributed by atoms with van der Waals surface area (Å²) in [6.45, 7) is 1.61. The molecule has 2 heterocycles. The van der Waals surface area contributed by atoms with E-state index in [9.17, 15) is 9.59 Å². The Morgan fingerprint density at radius 3 is 2.74 bits per heavy atom. The van der Waals surface area contributed by atoms with Crippen LogP contribution in [-0.2, 0) is 16.0 Å². The number of benzene rings is 2. The summed E-state index contributed by atoms with van der Waals surface area (Å²) in [5.74, 6) is 0.520. The maximum absolute atomic E-state index is 12.2. The molecule has 4 rings (SSSR count). The van der Waals surface area contributed by atoms with Crippen LogP contribution in [0.15, 0.2) is 63.7 Å². The first-order valence-electron chi connectivity index (χ1n) is 9.67. The number of rotatable bonds is 7. The molecule has 0 spiro atoms. The number of thiophene rings is 1. The lowest BCUT2D eigenvalue weighted by Crippen LogP contribution is -2.47. The topological polar surface area (TPSA) is 106 Å². The van der Waals surface area contributed by atoms with Crippen molar-refractivity contribution in [2.45, 2.75) is 25.9 Å². The molecule has 0 saturated heterocycles. The Morgan fingerprint density at radius 2 is 1.94 bits per heavy atom. The van der Waals surface area contributed by atoms with Crippen LogP contribution in [0, 0.1) is 0 Å². The zero-order chi connectivity index (χ0) is 21.6. The molecular formula is C22H20N4O4S. The second-order valence-corrected chi connectivity index (χ2v) is 7.60. The zero-order valence-electron chi connectivity index (χ0n) is 16.7. The lowest BCUT2D eigenvalue weighted by Gasteiger charge is -2.15. The third-order valence-corrected chi connectivity index (χ3v) is 5.21. The van der Waals surface area contributed by atoms with E-state index < -0.39 is 12.0 Å². The number of carbonyl (C=O) groups is 2. The predicted octanol–water partition coefficient (Wildman–Crippen LogP) is 3.50. The number of hydrogen-bond donors (Lipinski definition) is 2. The number of nitrogens with one attached hydrogen (secondary N) is 2. The number of hydrazine groups is 1. The number of ether oxygens (including phenoxy) is 1. The first-order chi connectivity index (χ1) is 15.1. The van der Waals surface area contributed by atoms with E-state index in [0.717, 1.165) is 16.3 Å². The molecule has 9 heteroatoms. The van der Waals surface area contributed by atoms with E-state index >= 15 is 0 Å². The molecule has 0 saturated carbocycles. The molecule has 0 aliphatic heterocycles. The number of aromatic nitrogens is 2. The lowest BCUT2D eigenvalue weighted by molar-refractivity contribution is -0.132. The average molecular weight is 436 g/mol. The highest BCUT2D eigenvalue weighted by Crippen LogP contribution is 2.22. The van der Waals surface area contributed by atoms with Crippen LogP contribution < -0.4 is 15.6 Å². The summed E-state index contributed by atoms with van der Waals surface area (Å²) in [5.41, 5.74) is 5.60. The van der Waals surface area contributed by atoms with Crippen LogP contribution in [0.3, 0.4) is 0 Å². The van der Waals surface area contributed by atoms with Gasteiger partial charge in [0.1, 0.15) is 5.75 Å². The Hall–Kier alpha value is -3.72. The fourth-order valence-electron chi connectivity index (χ4n) is 2.87. The molecule has 2 N–H and O–H groups in total. The SMILES string of the molecule is CC(Oc1ccc2ccccc2c1)C(=O)NNC(=O)CCc1nnc(-c2ccsc2)o1. The minimum absolute atomic E-state index is 0.0888. The number of carbonyl (C=O) groups excluding carboxylic acids is 2. The van der Waals surface area contributed by atoms with Crippen LogP contribution in [0.25, 0.3) is 22.2 Å². The van der Waals surface area contributed by atoms with E-state index in [-0.39, 0.29) is 18.7 Å². The third-order valence-electron chi connectivity index (χ3n) is 4.53. The van der Waals surface area contributed by atoms with E-state index in [1.807, 2.05) is 53.2 Å². The van der Waals surface area contributed by atoms with Crippen molar-refractivity contribution in [1.82, 2.24) is 21.0 Å². The molecule has 0 radical (unpaired) electrons. The van der Waals surface area contributed by atoms with Crippen LogP contribution in [-0.4, -0.2) is 28.1 Å². The van der Waals surface area contributed by atoms with Gasteiger partial charge in [0.05, 0.1) is 0 Å². The van der Waals surface area contributed by atoms with Crippen LogP contribution in [0.4, 0.5) is 0 Å². The molecule has 2 aromatic heterocycles. The highest BCUT2D eigenvalue weighted by atomic mass is 32.1. The first kappa shape index (κ1) is 20.5. The third kappa shape index (κ3) is 5.26. The smallest absolute Gasteiger partial charge is 0.279 e. The van der Waals surface area contributed by atoms with Gasteiger partial charge in [0.25, 0.3) is 5.91 Å². The van der Waals surface area contributed by atoms with Gasteiger partial charge in [-0.3, -0.25) is 20.4 Å². The highest BCUT2D eigenvalue weighted by molar-refractivity contribution is 7.08. The Bertz CT molecular complexity index is 1190. The lowest BCUT2D eigenvalue weighted by atomic mass is 10.1. The normalized spacial score (nSPS) is 11.8. The van der Waals surface area contributed by atoms with Crippen molar-refractivity contribution in [3.63, 3.8) is 0 Å². The fraction of sp³-hybridized carbons (Fsp3) is 0.182. The quantitative estimate of drug-likeness (QED) is 0.430. The van der Waals surface area contributed by atoms with E-state index in [0.29, 0.717) is 17.5 Å². The number of nitrogens with zero attached hydrogens (tertiary/aromatic N) is 2. The van der Waals surface area contributed by atoms with Crippen molar-refractivity contribution in [2.75, 3.05) is 0 Å². The van der Waals surface area contributed by atoms with Gasteiger partial charge in [0.15, 0.2) is 6.10 Å². The molecule has 0 aliphatic rings. The summed E-state index contributed by atoms with van der Waals surface area (Å²) >= 11 is 1.53. The Balaban J connectivity index is 1.22. The summed E-state index contributed by atoms with van der Waals surface area (Å²) in [5, 5.41) is 13.8. The average Bonchev–Trinajstić information content (AvgIpc) is 3.47. The van der Waals surface area contributed by atoms with Crippen LogP contribution in [0.1, 0.15) is 19.2 Å². The van der Waals surface area contributed by atoms with E-state index in [2.05, 4.69) is 21.0 Å². The molecule has 8 nitrogen and oxygen atoms in total. The van der Waals surface area contributed by atoms with Crippen molar-refractivity contribution in [3.8, 4) is 17.2 Å². The summed E-state index contributed by atoms with van der Waals surface area (Å²) in [4.78, 5) is 24.3. The first-order valence-corrected chi connectivity index (χ1v) is 10.6. The molecule has 0 fully saturated rings. The van der Waals surface area contributed by atoms with Gasteiger partial charge in [-0.1, -0.05) is 30.3 Å². The van der Waals surface area contributed by atoms with Gasteiger partial charge in [-0.05, 0) is 41.3 Å². The summed E-state index contributed by atoms with van der Waals surface area (Å²) in [6, 6.07) is 15.4. The number of fused-ring (bicyclic) bond motifs is 1. The molecule has 4 aromatic rings. The monoisotopic (exact) mass is 436 g/mol. The molecule has 1 unspecified atom stereocenters. The maximum atomic E-state index is 12.2. The largest absolute Gasteiger partial charge is 0.481 e. The van der Waals surface area contributed by atoms with Gasteiger partial charge < -0.3 is 9.15 Å². The van der Waals surface area contributed by atoms with Gasteiger partial charge in [-0.2, -0.15) is 11.3 Å². The fourth-order valence-corrected chi connectivity index (χ4v) is 3.50. The summed E-state index contributed by atoms with van der Waals surface area (Å²) in [6.07, 6.45) is -0.432. The maximum Gasteiger partial charge on any atom is 0.279 e. The minimum Gasteiger partial charge on any atom is -0.481 e. The second-order valence-electron chi connectivity index (χ2n) is 6.82. The number of aryl methyl sites for hydroxylation is 1. The van der Waals surface area contributed by atoms with Crippen LogP contribution >= 0.6 is 11.3 Å². The van der Waals surface area contributed by atoms with Gasteiger partial charge in [0.2, 0.25) is 17.7 Å². The van der Waals surface area contributed by atoms with E-state index in [1.54, 1.807) is 13.0 Å². The number of amides is 2. The Labute approximate surface area is 182 Å². The van der Waals surface area contributed by atoms with Gasteiger partial charge in [-0.25, -0.2) is 0 Å². The molecule has 158 valence electrons. The number of hydrogen-bond acceptors (Lipinski definition) is 7. The highest BCUT2D eigenvalue weighted by Gasteiger charge is 2.16. The van der Waals surface area contributed by atoms with Gasteiger partial charge in [0, 0.05) is 23.8 Å². The van der Waals surface area contributed by atoms with Crippen LogP contribution in [0.2, 0.25) is 0 Å². The Kier molecular flexibility index (Phi) is 6.23. The van der Waals surface area contributed by atoms with Gasteiger partial charge in [-0.15, -0.1) is 10.2 Å². The summed E-state index contributed by atoms with van der Waals surface area (Å²) in [7, 11) is 0. The van der Waals surface area contributed by atoms with Crippen LogP contribution in [0.5, 0.6) is 5.75 Å².